The minimum absolute atomic E-state index is 0.625. The molecular formula is C16H16N2O. The molecule has 0 spiro atoms. The summed E-state index contributed by atoms with van der Waals surface area (Å²) in [6.45, 7) is 4.11. The zero-order valence-electron chi connectivity index (χ0n) is 11.1. The largest absolute Gasteiger partial charge is 0.440 e. The van der Waals surface area contributed by atoms with Crippen molar-refractivity contribution in [2.24, 2.45) is 0 Å². The Balaban J connectivity index is 2.03. The first-order chi connectivity index (χ1) is 9.13. The van der Waals surface area contributed by atoms with Gasteiger partial charge in [0.2, 0.25) is 0 Å². The van der Waals surface area contributed by atoms with E-state index in [4.69, 9.17) is 10.2 Å². The van der Waals surface area contributed by atoms with Crippen LogP contribution in [0.4, 0.5) is 5.69 Å². The molecule has 3 heteroatoms. The van der Waals surface area contributed by atoms with Gasteiger partial charge in [-0.05, 0) is 42.7 Å². The fraction of sp³-hybridized carbons (Fsp3) is 0.188. The van der Waals surface area contributed by atoms with E-state index in [0.717, 1.165) is 27.9 Å². The molecule has 19 heavy (non-hydrogen) atoms. The SMILES string of the molecule is Cc1cc(C)c2oc(Cc3ccccc3N)nc2c1. The van der Waals surface area contributed by atoms with E-state index in [1.165, 1.54) is 5.56 Å². The van der Waals surface area contributed by atoms with Crippen molar-refractivity contribution in [1.82, 2.24) is 4.98 Å². The highest BCUT2D eigenvalue weighted by Crippen LogP contribution is 2.24. The van der Waals surface area contributed by atoms with Gasteiger partial charge in [-0.3, -0.25) is 0 Å². The molecule has 96 valence electrons. The van der Waals surface area contributed by atoms with Gasteiger partial charge >= 0.3 is 0 Å². The first kappa shape index (κ1) is 11.8. The van der Waals surface area contributed by atoms with Crippen LogP contribution < -0.4 is 5.73 Å². The Morgan fingerprint density at radius 3 is 2.74 bits per heavy atom. The van der Waals surface area contributed by atoms with Gasteiger partial charge in [-0.1, -0.05) is 24.3 Å². The molecule has 0 aliphatic heterocycles. The second kappa shape index (κ2) is 4.43. The van der Waals surface area contributed by atoms with Crippen molar-refractivity contribution in [2.75, 3.05) is 5.73 Å². The summed E-state index contributed by atoms with van der Waals surface area (Å²) in [4.78, 5) is 4.55. The fourth-order valence-corrected chi connectivity index (χ4v) is 2.36. The Morgan fingerprint density at radius 1 is 1.16 bits per heavy atom. The maximum absolute atomic E-state index is 5.95. The van der Waals surface area contributed by atoms with Crippen LogP contribution in [0, 0.1) is 13.8 Å². The second-order valence-electron chi connectivity index (χ2n) is 4.91. The van der Waals surface area contributed by atoms with Crippen molar-refractivity contribution in [3.63, 3.8) is 0 Å². The van der Waals surface area contributed by atoms with E-state index in [0.29, 0.717) is 12.3 Å². The number of nitrogen functional groups attached to an aromatic ring is 1. The molecule has 0 unspecified atom stereocenters. The molecule has 3 aromatic rings. The molecular weight excluding hydrogens is 236 g/mol. The molecule has 0 atom stereocenters. The van der Waals surface area contributed by atoms with Gasteiger partial charge in [0.25, 0.3) is 0 Å². The Morgan fingerprint density at radius 2 is 1.95 bits per heavy atom. The topological polar surface area (TPSA) is 52.0 Å². The monoisotopic (exact) mass is 252 g/mol. The standard InChI is InChI=1S/C16H16N2O/c1-10-7-11(2)16-14(8-10)18-15(19-16)9-12-5-3-4-6-13(12)17/h3-8H,9,17H2,1-2H3. The van der Waals surface area contributed by atoms with E-state index in [9.17, 15) is 0 Å². The highest BCUT2D eigenvalue weighted by atomic mass is 16.3. The van der Waals surface area contributed by atoms with Crippen molar-refractivity contribution < 1.29 is 4.42 Å². The number of fused-ring (bicyclic) bond motifs is 1. The summed E-state index contributed by atoms with van der Waals surface area (Å²) in [7, 11) is 0. The Hall–Kier alpha value is -2.29. The molecule has 0 bridgehead atoms. The summed E-state index contributed by atoms with van der Waals surface area (Å²) in [5, 5.41) is 0. The molecule has 0 aliphatic carbocycles. The van der Waals surface area contributed by atoms with Gasteiger partial charge in [0.1, 0.15) is 5.52 Å². The molecule has 2 aromatic carbocycles. The van der Waals surface area contributed by atoms with E-state index in [2.05, 4.69) is 18.0 Å². The quantitative estimate of drug-likeness (QED) is 0.709. The molecule has 0 saturated heterocycles. The van der Waals surface area contributed by atoms with Crippen LogP contribution in [-0.2, 0) is 6.42 Å². The number of aryl methyl sites for hydroxylation is 2. The predicted molar refractivity (Wildman–Crippen MR) is 77.1 cm³/mol. The van der Waals surface area contributed by atoms with Gasteiger partial charge in [0, 0.05) is 5.69 Å². The number of hydrogen-bond acceptors (Lipinski definition) is 3. The van der Waals surface area contributed by atoms with Crippen LogP contribution in [0.25, 0.3) is 11.1 Å². The number of para-hydroxylation sites is 1. The van der Waals surface area contributed by atoms with E-state index in [1.54, 1.807) is 0 Å². The molecule has 0 amide bonds. The van der Waals surface area contributed by atoms with Crippen LogP contribution in [-0.4, -0.2) is 4.98 Å². The lowest BCUT2D eigenvalue weighted by Crippen LogP contribution is -1.95. The second-order valence-corrected chi connectivity index (χ2v) is 4.91. The van der Waals surface area contributed by atoms with Crippen molar-refractivity contribution in [3.05, 3.63) is 59.0 Å². The van der Waals surface area contributed by atoms with Crippen LogP contribution in [0.3, 0.4) is 0 Å². The number of benzene rings is 2. The van der Waals surface area contributed by atoms with E-state index >= 15 is 0 Å². The first-order valence-electron chi connectivity index (χ1n) is 6.33. The van der Waals surface area contributed by atoms with Gasteiger partial charge in [0.05, 0.1) is 6.42 Å². The number of oxazole rings is 1. The average Bonchev–Trinajstić information content (AvgIpc) is 2.75. The molecule has 0 saturated carbocycles. The summed E-state index contributed by atoms with van der Waals surface area (Å²) in [5.74, 6) is 0.710. The zero-order valence-corrected chi connectivity index (χ0v) is 11.1. The fourth-order valence-electron chi connectivity index (χ4n) is 2.36. The molecule has 0 aliphatic rings. The van der Waals surface area contributed by atoms with Crippen LogP contribution in [0.15, 0.2) is 40.8 Å². The van der Waals surface area contributed by atoms with Crippen molar-refractivity contribution in [2.45, 2.75) is 20.3 Å². The smallest absolute Gasteiger partial charge is 0.199 e. The maximum Gasteiger partial charge on any atom is 0.199 e. The van der Waals surface area contributed by atoms with Gasteiger partial charge in [-0.2, -0.15) is 0 Å². The van der Waals surface area contributed by atoms with Crippen LogP contribution in [0.1, 0.15) is 22.6 Å². The number of hydrogen-bond donors (Lipinski definition) is 1. The van der Waals surface area contributed by atoms with Crippen LogP contribution in [0.2, 0.25) is 0 Å². The lowest BCUT2D eigenvalue weighted by molar-refractivity contribution is 0.542. The predicted octanol–water partition coefficient (Wildman–Crippen LogP) is 3.62. The lowest BCUT2D eigenvalue weighted by atomic mass is 10.1. The van der Waals surface area contributed by atoms with Gasteiger partial charge in [0.15, 0.2) is 11.5 Å². The molecule has 3 rings (SSSR count). The Kier molecular flexibility index (Phi) is 2.75. The summed E-state index contributed by atoms with van der Waals surface area (Å²) >= 11 is 0. The number of anilines is 1. The van der Waals surface area contributed by atoms with E-state index < -0.39 is 0 Å². The number of aromatic nitrogens is 1. The van der Waals surface area contributed by atoms with E-state index in [-0.39, 0.29) is 0 Å². The summed E-state index contributed by atoms with van der Waals surface area (Å²) in [6, 6.07) is 12.0. The molecule has 0 radical (unpaired) electrons. The zero-order chi connectivity index (χ0) is 13.4. The van der Waals surface area contributed by atoms with E-state index in [1.807, 2.05) is 37.3 Å². The Labute approximate surface area is 112 Å². The first-order valence-corrected chi connectivity index (χ1v) is 6.33. The van der Waals surface area contributed by atoms with Crippen molar-refractivity contribution in [3.8, 4) is 0 Å². The maximum atomic E-state index is 5.95. The van der Waals surface area contributed by atoms with Crippen LogP contribution >= 0.6 is 0 Å². The minimum Gasteiger partial charge on any atom is -0.440 e. The summed E-state index contributed by atoms with van der Waals surface area (Å²) in [5.41, 5.74) is 11.9. The molecule has 1 aromatic heterocycles. The van der Waals surface area contributed by atoms with Gasteiger partial charge < -0.3 is 10.2 Å². The molecule has 3 nitrogen and oxygen atoms in total. The molecule has 1 heterocycles. The third kappa shape index (κ3) is 2.19. The number of rotatable bonds is 2. The lowest BCUT2D eigenvalue weighted by Gasteiger charge is -2.01. The van der Waals surface area contributed by atoms with Crippen molar-refractivity contribution in [1.29, 1.82) is 0 Å². The van der Waals surface area contributed by atoms with Gasteiger partial charge in [-0.25, -0.2) is 4.98 Å². The minimum atomic E-state index is 0.625. The van der Waals surface area contributed by atoms with Crippen LogP contribution in [0.5, 0.6) is 0 Å². The number of nitrogens with two attached hydrogens (primary N) is 1. The average molecular weight is 252 g/mol. The highest BCUT2D eigenvalue weighted by molar-refractivity contribution is 5.77. The molecule has 2 N–H and O–H groups in total. The third-order valence-electron chi connectivity index (χ3n) is 3.26. The Bertz CT molecular complexity index is 744. The van der Waals surface area contributed by atoms with Crippen molar-refractivity contribution >= 4 is 16.8 Å². The highest BCUT2D eigenvalue weighted by Gasteiger charge is 2.10. The summed E-state index contributed by atoms with van der Waals surface area (Å²) < 4.78 is 5.85. The third-order valence-corrected chi connectivity index (χ3v) is 3.26. The normalized spacial score (nSPS) is 11.1. The number of nitrogens with zero attached hydrogens (tertiary/aromatic N) is 1. The summed E-state index contributed by atoms with van der Waals surface area (Å²) in [6.07, 6.45) is 0.625. The molecule has 0 fully saturated rings. The van der Waals surface area contributed by atoms with Gasteiger partial charge in [-0.15, -0.1) is 0 Å².